The second kappa shape index (κ2) is 11.2. The summed E-state index contributed by atoms with van der Waals surface area (Å²) < 4.78 is 1.19. The van der Waals surface area contributed by atoms with Gasteiger partial charge in [-0.15, -0.1) is 0 Å². The van der Waals surface area contributed by atoms with Crippen molar-refractivity contribution in [3.05, 3.63) is 161 Å². The van der Waals surface area contributed by atoms with Crippen LogP contribution in [0.3, 0.4) is 0 Å². The van der Waals surface area contributed by atoms with Crippen molar-refractivity contribution in [2.45, 2.75) is 27.6 Å². The van der Waals surface area contributed by atoms with Gasteiger partial charge in [0, 0.05) is 0 Å². The van der Waals surface area contributed by atoms with Gasteiger partial charge in [-0.05, 0) is 0 Å². The van der Waals surface area contributed by atoms with Crippen LogP contribution in [0, 0.1) is 0 Å². The summed E-state index contributed by atoms with van der Waals surface area (Å²) >= 11 is -2.31. The number of allylic oxidation sites excluding steroid dienone is 2. The van der Waals surface area contributed by atoms with Crippen LogP contribution >= 0.6 is 0 Å². The van der Waals surface area contributed by atoms with E-state index in [4.69, 9.17) is 0 Å². The van der Waals surface area contributed by atoms with Gasteiger partial charge in [0.1, 0.15) is 0 Å². The molecule has 0 fully saturated rings. The Morgan fingerprint density at radius 2 is 0.902 bits per heavy atom. The summed E-state index contributed by atoms with van der Waals surface area (Å²) in [5.74, 6) is -1.24. The first-order chi connectivity index (χ1) is 20.1. The fraction of sp³-hybridized carbons (Fsp3) is 0.128. The Hall–Kier alpha value is -3.32. The molecule has 0 N–H and O–H groups in total. The van der Waals surface area contributed by atoms with Crippen LogP contribution in [0.4, 0.5) is 0 Å². The van der Waals surface area contributed by atoms with Crippen molar-refractivity contribution in [2.24, 2.45) is 0 Å². The van der Waals surface area contributed by atoms with Crippen LogP contribution in [0.25, 0.3) is 34.4 Å². The third-order valence-corrected chi connectivity index (χ3v) is 32.4. The summed E-state index contributed by atoms with van der Waals surface area (Å²) in [5, 5.41) is 1.64. The standard InChI is InChI=1S/2C16H13.C7H9Si.Zr/c2*1-12-10-14-8-5-9-15(16(14)11-12)13-6-3-2-4-7-13;1-8-7-5-3-2-4-6-7;/h2*2-11H,1H3;2-6,8H,1H3;. The van der Waals surface area contributed by atoms with Crippen molar-refractivity contribution in [1.29, 1.82) is 0 Å². The number of hydrogen-bond donors (Lipinski definition) is 0. The molecule has 0 bridgehead atoms. The summed E-state index contributed by atoms with van der Waals surface area (Å²) in [7, 11) is 0. The van der Waals surface area contributed by atoms with E-state index in [0.717, 1.165) is 0 Å². The first kappa shape index (κ1) is 26.6. The molecule has 2 heteroatoms. The maximum absolute atomic E-state index is 2.68. The van der Waals surface area contributed by atoms with Gasteiger partial charge in [-0.3, -0.25) is 0 Å². The molecular weight excluding hydrogens is 588 g/mol. The van der Waals surface area contributed by atoms with Gasteiger partial charge in [0.2, 0.25) is 0 Å². The van der Waals surface area contributed by atoms with Crippen molar-refractivity contribution >= 4 is 23.3 Å². The van der Waals surface area contributed by atoms with Gasteiger partial charge in [-0.1, -0.05) is 0 Å². The van der Waals surface area contributed by atoms with Gasteiger partial charge in [0.15, 0.2) is 0 Å². The monoisotopic (exact) mass is 621 g/mol. The molecule has 3 unspecified atom stereocenters. The molecule has 2 aliphatic rings. The Kier molecular flexibility index (Phi) is 7.23. The number of benzene rings is 5. The van der Waals surface area contributed by atoms with Crippen LogP contribution in [0.1, 0.15) is 43.4 Å². The summed E-state index contributed by atoms with van der Waals surface area (Å²) in [6, 6.07) is 47.7. The van der Waals surface area contributed by atoms with Crippen molar-refractivity contribution in [3.8, 4) is 22.3 Å². The molecule has 0 radical (unpaired) electrons. The Labute approximate surface area is 253 Å². The minimum atomic E-state index is -2.31. The average Bonchev–Trinajstić information content (AvgIpc) is 3.54. The first-order valence-corrected chi connectivity index (χ1v) is 24.2. The fourth-order valence-corrected chi connectivity index (χ4v) is 33.2. The molecule has 0 saturated heterocycles. The van der Waals surface area contributed by atoms with E-state index in [1.807, 2.05) is 0 Å². The van der Waals surface area contributed by atoms with Crippen LogP contribution in [-0.2, 0) is 20.9 Å². The topological polar surface area (TPSA) is 0 Å². The van der Waals surface area contributed by atoms with Crippen molar-refractivity contribution in [3.63, 3.8) is 0 Å². The molecule has 0 amide bonds. The van der Waals surface area contributed by atoms with Crippen LogP contribution in [0.2, 0.25) is 6.55 Å². The van der Waals surface area contributed by atoms with Gasteiger partial charge in [0.25, 0.3) is 0 Å². The van der Waals surface area contributed by atoms with Crippen molar-refractivity contribution in [1.82, 2.24) is 0 Å². The molecule has 0 aromatic heterocycles. The van der Waals surface area contributed by atoms with Crippen molar-refractivity contribution < 1.29 is 20.9 Å². The van der Waals surface area contributed by atoms with Gasteiger partial charge in [0.05, 0.1) is 0 Å². The second-order valence-corrected chi connectivity index (χ2v) is 29.4. The zero-order valence-electron chi connectivity index (χ0n) is 24.0. The molecule has 0 heterocycles. The van der Waals surface area contributed by atoms with Crippen LogP contribution in [0.5, 0.6) is 0 Å². The third kappa shape index (κ3) is 4.72. The molecule has 2 aliphatic carbocycles. The van der Waals surface area contributed by atoms with E-state index in [1.165, 1.54) is 33.4 Å². The van der Waals surface area contributed by atoms with Gasteiger partial charge in [-0.25, -0.2) is 0 Å². The van der Waals surface area contributed by atoms with E-state index >= 15 is 0 Å². The number of fused-ring (bicyclic) bond motifs is 2. The molecule has 41 heavy (non-hydrogen) atoms. The Morgan fingerprint density at radius 1 is 0.488 bits per heavy atom. The van der Waals surface area contributed by atoms with E-state index in [-0.39, 0.29) is 0 Å². The zero-order valence-corrected chi connectivity index (χ0v) is 27.6. The quantitative estimate of drug-likeness (QED) is 0.166. The zero-order chi connectivity index (χ0) is 27.9. The predicted molar refractivity (Wildman–Crippen MR) is 176 cm³/mol. The Morgan fingerprint density at radius 3 is 1.34 bits per heavy atom. The summed E-state index contributed by atoms with van der Waals surface area (Å²) in [6.45, 7) is 7.55. The second-order valence-electron chi connectivity index (χ2n) is 11.6. The van der Waals surface area contributed by atoms with Crippen LogP contribution in [-0.4, -0.2) is 5.92 Å². The van der Waals surface area contributed by atoms with Gasteiger partial charge >= 0.3 is 255 Å². The van der Waals surface area contributed by atoms with Crippen LogP contribution < -0.4 is 5.19 Å². The molecule has 0 spiro atoms. The molecule has 0 aliphatic heterocycles. The minimum absolute atomic E-state index is 0.595. The van der Waals surface area contributed by atoms with E-state index < -0.39 is 26.8 Å². The van der Waals surface area contributed by atoms with Crippen LogP contribution in [0.15, 0.2) is 139 Å². The van der Waals surface area contributed by atoms with E-state index in [9.17, 15) is 0 Å². The molecule has 0 saturated carbocycles. The molecule has 0 nitrogen and oxygen atoms in total. The molecule has 5 aromatic carbocycles. The summed E-state index contributed by atoms with van der Waals surface area (Å²) in [4.78, 5) is 0. The first-order valence-electron chi connectivity index (χ1n) is 14.8. The summed E-state index contributed by atoms with van der Waals surface area (Å²) in [5.41, 5.74) is 14.7. The predicted octanol–water partition coefficient (Wildman–Crippen LogP) is 9.52. The molecule has 3 atom stereocenters. The molecular formula is C39H35SiZr. The summed E-state index contributed by atoms with van der Waals surface area (Å²) in [6.07, 6.45) is 5.09. The van der Waals surface area contributed by atoms with E-state index in [1.54, 1.807) is 27.5 Å². The number of hydrogen-bond acceptors (Lipinski definition) is 0. The third-order valence-electron chi connectivity index (χ3n) is 9.19. The van der Waals surface area contributed by atoms with Gasteiger partial charge < -0.3 is 0 Å². The molecule has 199 valence electrons. The molecule has 7 rings (SSSR count). The maximum atomic E-state index is 2.68. The Bertz CT molecular complexity index is 1660. The normalized spacial score (nSPS) is 17.8. The Balaban J connectivity index is 1.40. The van der Waals surface area contributed by atoms with Gasteiger partial charge in [-0.2, -0.15) is 0 Å². The number of rotatable bonds is 6. The SMILES string of the molecule is CC1=Cc2c(-c3ccccc3)cccc2[CH]1[Zr]([CH]1C(C)=Cc2c(-c3ccccc3)cccc21)[SiH](C)c1ccccc1. The average molecular weight is 623 g/mol. The van der Waals surface area contributed by atoms with Crippen molar-refractivity contribution in [2.75, 3.05) is 0 Å². The fourth-order valence-electron chi connectivity index (χ4n) is 7.33. The molecule has 5 aromatic rings. The van der Waals surface area contributed by atoms with E-state index in [2.05, 4.69) is 160 Å². The van der Waals surface area contributed by atoms with E-state index in [0.29, 0.717) is 7.25 Å².